The van der Waals surface area contributed by atoms with E-state index in [1.165, 1.54) is 69.9 Å². The number of hydrogen-bond acceptors (Lipinski definition) is 2. The summed E-state index contributed by atoms with van der Waals surface area (Å²) in [7, 11) is 0. The van der Waals surface area contributed by atoms with E-state index >= 15 is 0 Å². The third-order valence-electron chi connectivity index (χ3n) is 7.29. The van der Waals surface area contributed by atoms with E-state index < -0.39 is 0 Å². The number of carbonyl (C=O) groups excluding carboxylic acids is 1. The first-order valence-electron chi connectivity index (χ1n) is 11.2. The number of allylic oxidation sites excluding steroid dienone is 2. The lowest BCUT2D eigenvalue weighted by Gasteiger charge is -2.46. The van der Waals surface area contributed by atoms with E-state index in [1.807, 2.05) is 0 Å². The molecule has 2 saturated carbocycles. The zero-order chi connectivity index (χ0) is 18.7. The van der Waals surface area contributed by atoms with E-state index in [-0.39, 0.29) is 18.9 Å². The summed E-state index contributed by atoms with van der Waals surface area (Å²) >= 11 is 5.58. The molecule has 158 valence electrons. The average Bonchev–Trinajstić information content (AvgIpc) is 2.67. The van der Waals surface area contributed by atoms with Crippen molar-refractivity contribution in [3.05, 3.63) is 11.8 Å². The second-order valence-corrected chi connectivity index (χ2v) is 9.62. The monoisotopic (exact) mass is 405 g/mol. The molecule has 2 N–H and O–H groups in total. The Morgan fingerprint density at radius 3 is 2.68 bits per heavy atom. The first-order valence-corrected chi connectivity index (χ1v) is 11.6. The molecule has 1 amide bonds. The first-order chi connectivity index (χ1) is 13.2. The largest absolute Gasteiger partial charge is 0.362 e. The van der Waals surface area contributed by atoms with Crippen molar-refractivity contribution in [2.75, 3.05) is 13.1 Å². The lowest BCUT2D eigenvalue weighted by Crippen LogP contribution is -2.56. The molecule has 3 fully saturated rings. The van der Waals surface area contributed by atoms with Crippen molar-refractivity contribution < 1.29 is 4.79 Å². The average molecular weight is 406 g/mol. The summed E-state index contributed by atoms with van der Waals surface area (Å²) in [5, 5.41) is 7.72. The molecule has 3 aliphatic carbocycles. The van der Waals surface area contributed by atoms with Crippen LogP contribution in [0.3, 0.4) is 0 Å². The fourth-order valence-electron chi connectivity index (χ4n) is 6.01. The third kappa shape index (κ3) is 4.90. The highest BCUT2D eigenvalue weighted by atomic mass is 32.1. The van der Waals surface area contributed by atoms with Crippen molar-refractivity contribution in [2.45, 2.75) is 96.4 Å². The minimum atomic E-state index is 0. The molecule has 4 aliphatic rings. The molecular formula is C23H39N3OS. The van der Waals surface area contributed by atoms with Gasteiger partial charge in [0, 0.05) is 30.7 Å². The lowest BCUT2D eigenvalue weighted by molar-refractivity contribution is -0.130. The number of piperidine rings is 1. The number of rotatable bonds is 4. The zero-order valence-electron chi connectivity index (χ0n) is 16.6. The van der Waals surface area contributed by atoms with Gasteiger partial charge in [0.05, 0.1) is 0 Å². The van der Waals surface area contributed by atoms with Gasteiger partial charge in [-0.15, -0.1) is 0 Å². The highest BCUT2D eigenvalue weighted by Crippen LogP contribution is 2.42. The van der Waals surface area contributed by atoms with Crippen LogP contribution in [0.2, 0.25) is 0 Å². The Morgan fingerprint density at radius 2 is 1.89 bits per heavy atom. The van der Waals surface area contributed by atoms with Crippen molar-refractivity contribution in [3.63, 3.8) is 0 Å². The van der Waals surface area contributed by atoms with Crippen LogP contribution in [0.4, 0.5) is 0 Å². The fourth-order valence-corrected chi connectivity index (χ4v) is 6.33. The quantitative estimate of drug-likeness (QED) is 0.653. The second kappa shape index (κ2) is 9.60. The number of hydrogen-bond donors (Lipinski definition) is 2. The molecule has 1 aliphatic heterocycles. The summed E-state index contributed by atoms with van der Waals surface area (Å²) in [4.78, 5) is 14.8. The van der Waals surface area contributed by atoms with Gasteiger partial charge in [-0.05, 0) is 75.4 Å². The van der Waals surface area contributed by atoms with Crippen LogP contribution in [-0.2, 0) is 4.79 Å². The van der Waals surface area contributed by atoms with E-state index in [9.17, 15) is 4.79 Å². The van der Waals surface area contributed by atoms with Crippen molar-refractivity contribution >= 4 is 23.2 Å². The summed E-state index contributed by atoms with van der Waals surface area (Å²) in [5.41, 5.74) is 1.54. The number of nitrogens with zero attached hydrogens (tertiary/aromatic N) is 1. The number of thiocarbonyl (C=S) groups is 1. The van der Waals surface area contributed by atoms with Gasteiger partial charge in [0.25, 0.3) is 0 Å². The molecule has 2 bridgehead atoms. The van der Waals surface area contributed by atoms with E-state index in [4.69, 9.17) is 12.2 Å². The van der Waals surface area contributed by atoms with Crippen LogP contribution >= 0.6 is 12.2 Å². The van der Waals surface area contributed by atoms with Gasteiger partial charge >= 0.3 is 0 Å². The van der Waals surface area contributed by atoms with Crippen molar-refractivity contribution in [2.24, 2.45) is 11.8 Å². The highest BCUT2D eigenvalue weighted by Gasteiger charge is 2.39. The van der Waals surface area contributed by atoms with Crippen LogP contribution in [0.1, 0.15) is 90.9 Å². The number of nitrogens with one attached hydrogen (secondary N) is 2. The van der Waals surface area contributed by atoms with E-state index in [1.54, 1.807) is 0 Å². The molecule has 28 heavy (non-hydrogen) atoms. The van der Waals surface area contributed by atoms with Crippen molar-refractivity contribution in [3.8, 4) is 0 Å². The molecule has 1 atom stereocenters. The SMILES string of the molecule is C.O=C(CCNC(=S)NC12CCCC(CCC1)C2)N1CCCC2CCCC=C21. The molecule has 0 aromatic heterocycles. The molecule has 4 nitrogen and oxygen atoms in total. The zero-order valence-corrected chi connectivity index (χ0v) is 17.4. The number of carbonyl (C=O) groups is 1. The van der Waals surface area contributed by atoms with Crippen molar-refractivity contribution in [1.29, 1.82) is 0 Å². The molecule has 1 unspecified atom stereocenters. The minimum absolute atomic E-state index is 0. The highest BCUT2D eigenvalue weighted by molar-refractivity contribution is 7.80. The van der Waals surface area contributed by atoms with Gasteiger partial charge in [0.2, 0.25) is 5.91 Å². The Kier molecular flexibility index (Phi) is 7.41. The van der Waals surface area contributed by atoms with Gasteiger partial charge in [-0.3, -0.25) is 4.79 Å². The maximum atomic E-state index is 12.8. The summed E-state index contributed by atoms with van der Waals surface area (Å²) < 4.78 is 0. The maximum Gasteiger partial charge on any atom is 0.228 e. The molecule has 0 aromatic carbocycles. The standard InChI is InChI=1S/C22H35N3OS.CH4/c26-20(25-15-5-9-18-8-1-2-10-19(18)25)11-14-23-21(27)24-22-12-3-6-17(16-22)7-4-13-22;/h10,17-18H,1-9,11-16H2,(H2,23,24,27);1H4. The molecule has 0 radical (unpaired) electrons. The van der Waals surface area contributed by atoms with Crippen LogP contribution in [0.15, 0.2) is 11.8 Å². The van der Waals surface area contributed by atoms with Crippen LogP contribution in [0, 0.1) is 11.8 Å². The normalized spacial score (nSPS) is 31.7. The summed E-state index contributed by atoms with van der Waals surface area (Å²) in [6.45, 7) is 1.53. The Hall–Kier alpha value is -1.10. The van der Waals surface area contributed by atoms with E-state index in [2.05, 4.69) is 21.6 Å². The molecule has 0 spiro atoms. The Morgan fingerprint density at radius 1 is 1.14 bits per heavy atom. The second-order valence-electron chi connectivity index (χ2n) is 9.21. The summed E-state index contributed by atoms with van der Waals surface area (Å²) in [6, 6.07) is 0. The van der Waals surface area contributed by atoms with Gasteiger partial charge in [-0.25, -0.2) is 0 Å². The number of likely N-dealkylation sites (tertiary alicyclic amines) is 1. The maximum absolute atomic E-state index is 12.8. The predicted octanol–water partition coefficient (Wildman–Crippen LogP) is 4.90. The van der Waals surface area contributed by atoms with Crippen LogP contribution in [0.25, 0.3) is 0 Å². The molecular weight excluding hydrogens is 366 g/mol. The molecule has 5 heteroatoms. The van der Waals surface area contributed by atoms with Crippen LogP contribution < -0.4 is 10.6 Å². The summed E-state index contributed by atoms with van der Waals surface area (Å²) in [5.74, 6) is 1.77. The van der Waals surface area contributed by atoms with Gasteiger partial charge in [-0.2, -0.15) is 0 Å². The van der Waals surface area contributed by atoms with E-state index in [0.29, 0.717) is 18.9 Å². The molecule has 0 aromatic rings. The Bertz CT molecular complexity index is 593. The van der Waals surface area contributed by atoms with Gasteiger partial charge in [-0.1, -0.05) is 39.2 Å². The van der Waals surface area contributed by atoms with E-state index in [0.717, 1.165) is 30.4 Å². The topological polar surface area (TPSA) is 44.4 Å². The van der Waals surface area contributed by atoms with Crippen LogP contribution in [-0.4, -0.2) is 34.5 Å². The van der Waals surface area contributed by atoms with Gasteiger partial charge < -0.3 is 15.5 Å². The predicted molar refractivity (Wildman–Crippen MR) is 120 cm³/mol. The Balaban J connectivity index is 0.00000225. The smallest absolute Gasteiger partial charge is 0.228 e. The number of fused-ring (bicyclic) bond motifs is 3. The fraction of sp³-hybridized carbons (Fsp3) is 0.826. The summed E-state index contributed by atoms with van der Waals surface area (Å²) in [6.07, 6.45) is 18.1. The number of amides is 1. The molecule has 4 rings (SSSR count). The van der Waals surface area contributed by atoms with Gasteiger partial charge in [0.1, 0.15) is 0 Å². The van der Waals surface area contributed by atoms with Gasteiger partial charge in [0.15, 0.2) is 5.11 Å². The first kappa shape index (κ1) is 21.6. The van der Waals surface area contributed by atoms with Crippen molar-refractivity contribution in [1.82, 2.24) is 15.5 Å². The molecule has 1 heterocycles. The minimum Gasteiger partial charge on any atom is -0.362 e. The third-order valence-corrected chi connectivity index (χ3v) is 7.54. The lowest BCUT2D eigenvalue weighted by atomic mass is 9.67. The Labute approximate surface area is 176 Å². The molecule has 1 saturated heterocycles. The van der Waals surface area contributed by atoms with Crippen LogP contribution in [0.5, 0.6) is 0 Å².